The van der Waals surface area contributed by atoms with Crippen LogP contribution in [0.4, 0.5) is 5.69 Å². The standard InChI is InChI=1S/C24H28N4O2/c1-18-5-4-6-23(19(18)2)28-13-11-27(12-14-28)17-21(15-25)24(29)26-16-20-7-9-22(30-3)10-8-20/h4-10,17H,11-14,16H2,1-3H3,(H,26,29)/b21-17-. The van der Waals surface area contributed by atoms with Crippen molar-refractivity contribution in [3.8, 4) is 11.8 Å². The van der Waals surface area contributed by atoms with Gasteiger partial charge in [-0.2, -0.15) is 5.26 Å². The molecule has 6 nitrogen and oxygen atoms in total. The van der Waals surface area contributed by atoms with Crippen LogP contribution in [0.1, 0.15) is 16.7 Å². The van der Waals surface area contributed by atoms with Gasteiger partial charge in [0.05, 0.1) is 7.11 Å². The molecule has 2 aromatic rings. The van der Waals surface area contributed by atoms with E-state index >= 15 is 0 Å². The Labute approximate surface area is 178 Å². The van der Waals surface area contributed by atoms with E-state index in [-0.39, 0.29) is 11.5 Å². The van der Waals surface area contributed by atoms with E-state index in [0.29, 0.717) is 6.54 Å². The highest BCUT2D eigenvalue weighted by Crippen LogP contribution is 2.24. The highest BCUT2D eigenvalue weighted by molar-refractivity contribution is 5.97. The molecule has 6 heteroatoms. The number of methoxy groups -OCH3 is 1. The Bertz CT molecular complexity index is 952. The van der Waals surface area contributed by atoms with Crippen molar-refractivity contribution in [2.24, 2.45) is 0 Å². The average Bonchev–Trinajstić information content (AvgIpc) is 2.78. The van der Waals surface area contributed by atoms with Gasteiger partial charge in [-0.25, -0.2) is 0 Å². The SMILES string of the molecule is COc1ccc(CNC(=O)/C(C#N)=C\N2CCN(c3cccc(C)c3C)CC2)cc1. The average molecular weight is 405 g/mol. The summed E-state index contributed by atoms with van der Waals surface area (Å²) in [6.07, 6.45) is 1.68. The molecule has 0 atom stereocenters. The van der Waals surface area contributed by atoms with Crippen LogP contribution in [-0.2, 0) is 11.3 Å². The van der Waals surface area contributed by atoms with E-state index < -0.39 is 0 Å². The van der Waals surface area contributed by atoms with Gasteiger partial charge in [0, 0.05) is 44.6 Å². The third-order valence-corrected chi connectivity index (χ3v) is 5.52. The third-order valence-electron chi connectivity index (χ3n) is 5.52. The first kappa shape index (κ1) is 21.3. The number of anilines is 1. The van der Waals surface area contributed by atoms with Crippen LogP contribution in [-0.4, -0.2) is 44.1 Å². The Kier molecular flexibility index (Phi) is 6.97. The molecule has 1 N–H and O–H groups in total. The summed E-state index contributed by atoms with van der Waals surface area (Å²) in [5.41, 5.74) is 4.93. The number of hydrogen-bond donors (Lipinski definition) is 1. The van der Waals surface area contributed by atoms with Gasteiger partial charge in [0.25, 0.3) is 5.91 Å². The third kappa shape index (κ3) is 5.12. The first-order valence-electron chi connectivity index (χ1n) is 10.1. The fraction of sp³-hybridized carbons (Fsp3) is 0.333. The van der Waals surface area contributed by atoms with E-state index in [1.807, 2.05) is 35.2 Å². The Morgan fingerprint density at radius 3 is 2.47 bits per heavy atom. The molecule has 1 saturated heterocycles. The zero-order chi connectivity index (χ0) is 21.5. The number of aryl methyl sites for hydroxylation is 1. The van der Waals surface area contributed by atoms with E-state index in [1.165, 1.54) is 16.8 Å². The van der Waals surface area contributed by atoms with Gasteiger partial charge >= 0.3 is 0 Å². The lowest BCUT2D eigenvalue weighted by molar-refractivity contribution is -0.117. The lowest BCUT2D eigenvalue weighted by Gasteiger charge is -2.36. The van der Waals surface area contributed by atoms with Crippen LogP contribution in [0.15, 0.2) is 54.2 Å². The first-order chi connectivity index (χ1) is 14.5. The quantitative estimate of drug-likeness (QED) is 0.592. The summed E-state index contributed by atoms with van der Waals surface area (Å²) in [6, 6.07) is 15.9. The fourth-order valence-electron chi connectivity index (χ4n) is 3.51. The number of carbonyl (C=O) groups excluding carboxylic acids is 1. The molecule has 1 amide bonds. The number of nitrogens with one attached hydrogen (secondary N) is 1. The molecular formula is C24H28N4O2. The number of amides is 1. The molecular weight excluding hydrogens is 376 g/mol. The molecule has 3 rings (SSSR count). The van der Waals surface area contributed by atoms with E-state index in [0.717, 1.165) is 37.5 Å². The van der Waals surface area contributed by atoms with Crippen LogP contribution >= 0.6 is 0 Å². The monoisotopic (exact) mass is 404 g/mol. The first-order valence-corrected chi connectivity index (χ1v) is 10.1. The van der Waals surface area contributed by atoms with Crippen molar-refractivity contribution < 1.29 is 9.53 Å². The topological polar surface area (TPSA) is 68.6 Å². The number of benzene rings is 2. The number of rotatable bonds is 6. The Morgan fingerprint density at radius 2 is 1.83 bits per heavy atom. The molecule has 0 aromatic heterocycles. The lowest BCUT2D eigenvalue weighted by Crippen LogP contribution is -2.44. The van der Waals surface area contributed by atoms with Crippen LogP contribution < -0.4 is 15.0 Å². The minimum atomic E-state index is -0.356. The molecule has 1 heterocycles. The second kappa shape index (κ2) is 9.84. The van der Waals surface area contributed by atoms with E-state index in [1.54, 1.807) is 13.3 Å². The van der Waals surface area contributed by atoms with Crippen LogP contribution in [0, 0.1) is 25.2 Å². The second-order valence-corrected chi connectivity index (χ2v) is 7.43. The number of hydrogen-bond acceptors (Lipinski definition) is 5. The van der Waals surface area contributed by atoms with Gasteiger partial charge in [-0.15, -0.1) is 0 Å². The molecule has 156 valence electrons. The van der Waals surface area contributed by atoms with Crippen molar-refractivity contribution >= 4 is 11.6 Å². The van der Waals surface area contributed by atoms with Gasteiger partial charge in [0.2, 0.25) is 0 Å². The number of carbonyl (C=O) groups is 1. The summed E-state index contributed by atoms with van der Waals surface area (Å²) in [6.45, 7) is 7.89. The zero-order valence-electron chi connectivity index (χ0n) is 17.8. The zero-order valence-corrected chi connectivity index (χ0v) is 17.8. The van der Waals surface area contributed by atoms with Crippen LogP contribution in [0.3, 0.4) is 0 Å². The lowest BCUT2D eigenvalue weighted by atomic mass is 10.1. The predicted octanol–water partition coefficient (Wildman–Crippen LogP) is 3.16. The van der Waals surface area contributed by atoms with Crippen molar-refractivity contribution in [2.75, 3.05) is 38.2 Å². The molecule has 0 unspecified atom stereocenters. The largest absolute Gasteiger partial charge is 0.497 e. The minimum absolute atomic E-state index is 0.128. The second-order valence-electron chi connectivity index (χ2n) is 7.43. The minimum Gasteiger partial charge on any atom is -0.497 e. The van der Waals surface area contributed by atoms with Gasteiger partial charge in [-0.1, -0.05) is 24.3 Å². The van der Waals surface area contributed by atoms with Gasteiger partial charge < -0.3 is 19.9 Å². The summed E-state index contributed by atoms with van der Waals surface area (Å²) < 4.78 is 5.13. The summed E-state index contributed by atoms with van der Waals surface area (Å²) in [5, 5.41) is 12.3. The van der Waals surface area contributed by atoms with Crippen molar-refractivity contribution in [3.63, 3.8) is 0 Å². The molecule has 2 aromatic carbocycles. The van der Waals surface area contributed by atoms with Gasteiger partial charge in [0.15, 0.2) is 0 Å². The molecule has 1 aliphatic heterocycles. The highest BCUT2D eigenvalue weighted by Gasteiger charge is 2.19. The van der Waals surface area contributed by atoms with E-state index in [9.17, 15) is 10.1 Å². The van der Waals surface area contributed by atoms with Crippen LogP contribution in [0.2, 0.25) is 0 Å². The molecule has 1 aliphatic rings. The molecule has 0 radical (unpaired) electrons. The van der Waals surface area contributed by atoms with Gasteiger partial charge in [-0.05, 0) is 48.7 Å². The van der Waals surface area contributed by atoms with E-state index in [2.05, 4.69) is 42.3 Å². The molecule has 0 saturated carbocycles. The summed E-state index contributed by atoms with van der Waals surface area (Å²) >= 11 is 0. The maximum absolute atomic E-state index is 12.4. The van der Waals surface area contributed by atoms with Crippen molar-refractivity contribution in [1.82, 2.24) is 10.2 Å². The van der Waals surface area contributed by atoms with Gasteiger partial charge in [-0.3, -0.25) is 4.79 Å². The van der Waals surface area contributed by atoms with Crippen LogP contribution in [0.25, 0.3) is 0 Å². The van der Waals surface area contributed by atoms with Crippen molar-refractivity contribution in [3.05, 3.63) is 70.9 Å². The smallest absolute Gasteiger partial charge is 0.263 e. The fourth-order valence-corrected chi connectivity index (χ4v) is 3.51. The number of piperazine rings is 1. The summed E-state index contributed by atoms with van der Waals surface area (Å²) in [4.78, 5) is 16.9. The Balaban J connectivity index is 1.56. The normalized spacial score (nSPS) is 14.3. The molecule has 30 heavy (non-hydrogen) atoms. The Morgan fingerprint density at radius 1 is 1.13 bits per heavy atom. The van der Waals surface area contributed by atoms with Gasteiger partial charge in [0.1, 0.15) is 17.4 Å². The maximum atomic E-state index is 12.4. The number of ether oxygens (including phenoxy) is 1. The van der Waals surface area contributed by atoms with Crippen LogP contribution in [0.5, 0.6) is 5.75 Å². The highest BCUT2D eigenvalue weighted by atomic mass is 16.5. The number of nitrogens with zero attached hydrogens (tertiary/aromatic N) is 3. The molecule has 0 spiro atoms. The Hall–Kier alpha value is -3.46. The molecule has 1 fully saturated rings. The van der Waals surface area contributed by atoms with E-state index in [4.69, 9.17) is 4.74 Å². The number of nitriles is 1. The summed E-state index contributed by atoms with van der Waals surface area (Å²) in [5.74, 6) is 0.410. The molecule has 0 bridgehead atoms. The maximum Gasteiger partial charge on any atom is 0.263 e. The van der Waals surface area contributed by atoms with Crippen molar-refractivity contribution in [2.45, 2.75) is 20.4 Å². The predicted molar refractivity (Wildman–Crippen MR) is 118 cm³/mol. The molecule has 0 aliphatic carbocycles. The van der Waals surface area contributed by atoms with Crippen molar-refractivity contribution in [1.29, 1.82) is 5.26 Å². The summed E-state index contributed by atoms with van der Waals surface area (Å²) in [7, 11) is 1.61.